The van der Waals surface area contributed by atoms with Crippen molar-refractivity contribution in [2.24, 2.45) is 5.92 Å². The Hall–Kier alpha value is -3.93. The van der Waals surface area contributed by atoms with Crippen LogP contribution in [0.4, 0.5) is 4.79 Å². The summed E-state index contributed by atoms with van der Waals surface area (Å²) in [6.45, 7) is 8.65. The summed E-state index contributed by atoms with van der Waals surface area (Å²) in [5.41, 5.74) is 0.789. The molecular formula is C32H46N4O7S. The van der Waals surface area contributed by atoms with E-state index in [2.05, 4.69) is 21.3 Å². The normalized spacial score (nSPS) is 14.0. The van der Waals surface area contributed by atoms with Crippen molar-refractivity contribution in [3.05, 3.63) is 65.7 Å². The molecule has 0 saturated heterocycles. The average Bonchev–Trinajstić information content (AvgIpc) is 2.95. The lowest BCUT2D eigenvalue weighted by Crippen LogP contribution is -2.56. The van der Waals surface area contributed by atoms with Gasteiger partial charge < -0.3 is 30.7 Å². The highest BCUT2D eigenvalue weighted by atomic mass is 32.2. The van der Waals surface area contributed by atoms with Crippen molar-refractivity contribution in [3.63, 3.8) is 0 Å². The number of ether oxygens (including phenoxy) is 2. The molecule has 0 bridgehead atoms. The van der Waals surface area contributed by atoms with Gasteiger partial charge in [0, 0.05) is 36.6 Å². The SMILES string of the molecule is CNC(=O)[C@H](Cc1ccc(OC)cc1)NC(=O)[C@H](CC(C)C)NC(=O)C(CNC(=O)OC(C)(C)C)S(=O)Cc1ccccc1. The van der Waals surface area contributed by atoms with Gasteiger partial charge in [-0.15, -0.1) is 0 Å². The first-order valence-electron chi connectivity index (χ1n) is 14.6. The molecular weight excluding hydrogens is 584 g/mol. The summed E-state index contributed by atoms with van der Waals surface area (Å²) in [5, 5.41) is 9.46. The lowest BCUT2D eigenvalue weighted by molar-refractivity contribution is -0.132. The number of likely N-dealkylation sites (N-methyl/N-ethyl adjacent to an activating group) is 1. The van der Waals surface area contributed by atoms with Crippen LogP contribution in [0.25, 0.3) is 0 Å². The minimum Gasteiger partial charge on any atom is -0.497 e. The molecule has 0 aromatic heterocycles. The number of rotatable bonds is 15. The molecule has 4 amide bonds. The van der Waals surface area contributed by atoms with Gasteiger partial charge in [0.1, 0.15) is 28.7 Å². The van der Waals surface area contributed by atoms with Crippen molar-refractivity contribution in [1.29, 1.82) is 0 Å². The monoisotopic (exact) mass is 630 g/mol. The van der Waals surface area contributed by atoms with E-state index in [9.17, 15) is 23.4 Å². The molecule has 0 aliphatic carbocycles. The highest BCUT2D eigenvalue weighted by Crippen LogP contribution is 2.15. The van der Waals surface area contributed by atoms with Crippen LogP contribution in [0.15, 0.2) is 54.6 Å². The van der Waals surface area contributed by atoms with Crippen molar-refractivity contribution in [2.75, 3.05) is 20.7 Å². The van der Waals surface area contributed by atoms with Crippen LogP contribution in [-0.2, 0) is 42.1 Å². The third-order valence-electron chi connectivity index (χ3n) is 6.41. The maximum atomic E-state index is 13.6. The number of benzene rings is 2. The molecule has 44 heavy (non-hydrogen) atoms. The number of carbonyl (C=O) groups excluding carboxylic acids is 4. The Morgan fingerprint density at radius 2 is 1.45 bits per heavy atom. The summed E-state index contributed by atoms with van der Waals surface area (Å²) in [7, 11) is 1.28. The summed E-state index contributed by atoms with van der Waals surface area (Å²) < 4.78 is 24.0. The molecule has 11 nitrogen and oxygen atoms in total. The molecule has 0 radical (unpaired) electrons. The van der Waals surface area contributed by atoms with Crippen molar-refractivity contribution in [2.45, 2.75) is 76.1 Å². The summed E-state index contributed by atoms with van der Waals surface area (Å²) in [5.74, 6) is -0.887. The number of nitrogens with one attached hydrogen (secondary N) is 4. The Morgan fingerprint density at radius 1 is 0.841 bits per heavy atom. The largest absolute Gasteiger partial charge is 0.497 e. The van der Waals surface area contributed by atoms with E-state index in [0.717, 1.165) is 11.1 Å². The van der Waals surface area contributed by atoms with Crippen molar-refractivity contribution < 1.29 is 32.9 Å². The second-order valence-corrected chi connectivity index (χ2v) is 13.4. The Kier molecular flexibility index (Phi) is 14.3. The lowest BCUT2D eigenvalue weighted by atomic mass is 10.0. The van der Waals surface area contributed by atoms with E-state index in [-0.39, 0.29) is 31.1 Å². The summed E-state index contributed by atoms with van der Waals surface area (Å²) >= 11 is 0. The number of methoxy groups -OCH3 is 1. The van der Waals surface area contributed by atoms with Crippen molar-refractivity contribution >= 4 is 34.6 Å². The van der Waals surface area contributed by atoms with Gasteiger partial charge in [0.05, 0.1) is 7.11 Å². The minimum absolute atomic E-state index is 0.000700. The number of carbonyl (C=O) groups is 4. The van der Waals surface area contributed by atoms with Gasteiger partial charge in [0.2, 0.25) is 17.7 Å². The fraction of sp³-hybridized carbons (Fsp3) is 0.500. The van der Waals surface area contributed by atoms with Crippen molar-refractivity contribution in [1.82, 2.24) is 21.3 Å². The molecule has 2 aromatic carbocycles. The maximum absolute atomic E-state index is 13.6. The third-order valence-corrected chi connectivity index (χ3v) is 8.04. The van der Waals surface area contributed by atoms with E-state index in [1.165, 1.54) is 7.05 Å². The molecule has 0 fully saturated rings. The summed E-state index contributed by atoms with van der Waals surface area (Å²) in [4.78, 5) is 52.3. The van der Waals surface area contributed by atoms with E-state index in [4.69, 9.17) is 9.47 Å². The molecule has 4 atom stereocenters. The first kappa shape index (κ1) is 36.3. The van der Waals surface area contributed by atoms with Gasteiger partial charge in [-0.05, 0) is 56.4 Å². The van der Waals surface area contributed by atoms with E-state index < -0.39 is 57.5 Å². The lowest BCUT2D eigenvalue weighted by Gasteiger charge is -2.26. The van der Waals surface area contributed by atoms with Crippen LogP contribution < -0.4 is 26.0 Å². The van der Waals surface area contributed by atoms with Gasteiger partial charge in [0.25, 0.3) is 0 Å². The Morgan fingerprint density at radius 3 is 2.00 bits per heavy atom. The molecule has 2 rings (SSSR count). The van der Waals surface area contributed by atoms with E-state index in [0.29, 0.717) is 5.75 Å². The number of alkyl carbamates (subject to hydrolysis) is 1. The molecule has 242 valence electrons. The quantitative estimate of drug-likeness (QED) is 0.236. The Labute approximate surface area is 262 Å². The molecule has 2 unspecified atom stereocenters. The van der Waals surface area contributed by atoms with Gasteiger partial charge in [0.15, 0.2) is 0 Å². The zero-order chi connectivity index (χ0) is 32.9. The van der Waals surface area contributed by atoms with E-state index >= 15 is 0 Å². The molecule has 0 aliphatic heterocycles. The van der Waals surface area contributed by atoms with Crippen LogP contribution in [0.2, 0.25) is 0 Å². The van der Waals surface area contributed by atoms with Crippen LogP contribution in [0, 0.1) is 5.92 Å². The number of hydrogen-bond donors (Lipinski definition) is 4. The topological polar surface area (TPSA) is 152 Å². The van der Waals surface area contributed by atoms with Crippen LogP contribution in [0.5, 0.6) is 5.75 Å². The average molecular weight is 631 g/mol. The first-order chi connectivity index (χ1) is 20.7. The van der Waals surface area contributed by atoms with Crippen LogP contribution in [0.3, 0.4) is 0 Å². The van der Waals surface area contributed by atoms with Crippen LogP contribution >= 0.6 is 0 Å². The highest BCUT2D eigenvalue weighted by molar-refractivity contribution is 7.85. The summed E-state index contributed by atoms with van der Waals surface area (Å²) in [6, 6.07) is 14.2. The van der Waals surface area contributed by atoms with E-state index in [1.807, 2.05) is 19.9 Å². The fourth-order valence-corrected chi connectivity index (χ4v) is 5.55. The standard InChI is InChI=1S/C32H46N4O7S/c1-21(2)17-25(29(38)35-26(28(37)33-6)18-22-13-15-24(42-7)16-14-22)36-30(39)27(19-34-31(40)43-32(3,4)5)44(41)20-23-11-9-8-10-12-23/h8-16,21,25-27H,17-20H2,1-7H3,(H,33,37)(H,34,40)(H,35,38)(H,36,39)/t25-,26-,27?,44?/m0/s1. The molecule has 0 heterocycles. The first-order valence-corrected chi connectivity index (χ1v) is 15.9. The highest BCUT2D eigenvalue weighted by Gasteiger charge is 2.32. The van der Waals surface area contributed by atoms with Gasteiger partial charge >= 0.3 is 6.09 Å². The predicted octanol–water partition coefficient (Wildman–Crippen LogP) is 2.84. The second kappa shape index (κ2) is 17.4. The minimum atomic E-state index is -1.76. The van der Waals surface area contributed by atoms with Crippen molar-refractivity contribution in [3.8, 4) is 5.75 Å². The van der Waals surface area contributed by atoms with Gasteiger partial charge in [-0.25, -0.2) is 4.79 Å². The Bertz CT molecular complexity index is 1260. The number of hydrogen-bond acceptors (Lipinski definition) is 7. The number of amides is 4. The molecule has 12 heteroatoms. The summed E-state index contributed by atoms with van der Waals surface area (Å²) in [6.07, 6.45) is -0.283. The zero-order valence-corrected chi connectivity index (χ0v) is 27.4. The molecule has 0 saturated carbocycles. The zero-order valence-electron chi connectivity index (χ0n) is 26.6. The third kappa shape index (κ3) is 12.7. The molecule has 4 N–H and O–H groups in total. The second-order valence-electron chi connectivity index (χ2n) is 11.8. The van der Waals surface area contributed by atoms with E-state index in [1.54, 1.807) is 76.4 Å². The van der Waals surface area contributed by atoms with Gasteiger partial charge in [-0.1, -0.05) is 56.3 Å². The molecule has 2 aromatic rings. The molecule has 0 spiro atoms. The predicted molar refractivity (Wildman–Crippen MR) is 170 cm³/mol. The Balaban J connectivity index is 2.25. The van der Waals surface area contributed by atoms with Gasteiger partial charge in [-0.3, -0.25) is 18.6 Å². The smallest absolute Gasteiger partial charge is 0.407 e. The fourth-order valence-electron chi connectivity index (χ4n) is 4.26. The molecule has 0 aliphatic rings. The van der Waals surface area contributed by atoms with Crippen LogP contribution in [0.1, 0.15) is 52.2 Å². The van der Waals surface area contributed by atoms with Crippen LogP contribution in [-0.4, -0.2) is 71.7 Å². The van der Waals surface area contributed by atoms with Gasteiger partial charge in [-0.2, -0.15) is 0 Å². The maximum Gasteiger partial charge on any atom is 0.407 e.